The van der Waals surface area contributed by atoms with Gasteiger partial charge in [0.25, 0.3) is 0 Å². The lowest BCUT2D eigenvalue weighted by Gasteiger charge is -2.19. The van der Waals surface area contributed by atoms with E-state index in [1.807, 2.05) is 6.92 Å². The molecule has 1 aliphatic carbocycles. The minimum Gasteiger partial charge on any atom is -0.396 e. The number of carbonyl (C=O) groups is 1. The Balaban J connectivity index is 1.94. The molecule has 4 nitrogen and oxygen atoms in total. The Hall–Kier alpha value is -1.62. The number of aryl methyl sites for hydroxylation is 1. The fourth-order valence-corrected chi connectivity index (χ4v) is 2.66. The number of aliphatic hydroxyl groups excluding tert-OH is 1. The van der Waals surface area contributed by atoms with Gasteiger partial charge >= 0.3 is 6.03 Å². The molecule has 0 bridgehead atoms. The van der Waals surface area contributed by atoms with E-state index in [2.05, 4.69) is 10.6 Å². The SMILES string of the molecule is CCC(CCO)NC(=O)NC1CCc2cc(F)ccc21. The molecular weight excluding hydrogens is 259 g/mol. The monoisotopic (exact) mass is 280 g/mol. The summed E-state index contributed by atoms with van der Waals surface area (Å²) in [5.41, 5.74) is 1.97. The molecule has 0 aliphatic heterocycles. The fraction of sp³-hybridized carbons (Fsp3) is 0.533. The number of aliphatic hydroxyl groups is 1. The highest BCUT2D eigenvalue weighted by Gasteiger charge is 2.24. The quantitative estimate of drug-likeness (QED) is 0.775. The Bertz CT molecular complexity index is 479. The molecule has 0 saturated heterocycles. The number of hydrogen-bond acceptors (Lipinski definition) is 2. The Labute approximate surface area is 118 Å². The van der Waals surface area contributed by atoms with Gasteiger partial charge in [0.15, 0.2) is 0 Å². The number of amides is 2. The molecule has 1 aromatic rings. The summed E-state index contributed by atoms with van der Waals surface area (Å²) < 4.78 is 13.1. The van der Waals surface area contributed by atoms with Crippen LogP contribution in [0.25, 0.3) is 0 Å². The fourth-order valence-electron chi connectivity index (χ4n) is 2.66. The molecule has 0 heterocycles. The van der Waals surface area contributed by atoms with E-state index in [1.165, 1.54) is 12.1 Å². The van der Waals surface area contributed by atoms with Crippen LogP contribution in [0.15, 0.2) is 18.2 Å². The van der Waals surface area contributed by atoms with Crippen molar-refractivity contribution in [2.75, 3.05) is 6.61 Å². The average Bonchev–Trinajstić information content (AvgIpc) is 2.80. The minimum absolute atomic E-state index is 0.0194. The summed E-state index contributed by atoms with van der Waals surface area (Å²) in [7, 11) is 0. The van der Waals surface area contributed by atoms with Crippen LogP contribution in [0.1, 0.15) is 43.4 Å². The van der Waals surface area contributed by atoms with E-state index in [4.69, 9.17) is 5.11 Å². The zero-order valence-corrected chi connectivity index (χ0v) is 11.7. The molecule has 1 aliphatic rings. The molecule has 5 heteroatoms. The van der Waals surface area contributed by atoms with Gasteiger partial charge in [-0.15, -0.1) is 0 Å². The van der Waals surface area contributed by atoms with E-state index in [1.54, 1.807) is 6.07 Å². The number of hydrogen-bond donors (Lipinski definition) is 3. The molecule has 3 N–H and O–H groups in total. The van der Waals surface area contributed by atoms with Crippen LogP contribution in [0.5, 0.6) is 0 Å². The first-order chi connectivity index (χ1) is 9.63. The van der Waals surface area contributed by atoms with Crippen molar-refractivity contribution in [3.63, 3.8) is 0 Å². The maximum Gasteiger partial charge on any atom is 0.315 e. The minimum atomic E-state index is -0.233. The summed E-state index contributed by atoms with van der Waals surface area (Å²) in [5, 5.41) is 14.7. The van der Waals surface area contributed by atoms with Gasteiger partial charge in [-0.2, -0.15) is 0 Å². The largest absolute Gasteiger partial charge is 0.396 e. The van der Waals surface area contributed by atoms with Gasteiger partial charge in [0.2, 0.25) is 0 Å². The third-order valence-electron chi connectivity index (χ3n) is 3.79. The van der Waals surface area contributed by atoms with E-state index >= 15 is 0 Å². The molecule has 1 aromatic carbocycles. The van der Waals surface area contributed by atoms with E-state index in [9.17, 15) is 9.18 Å². The molecule has 2 atom stereocenters. The lowest BCUT2D eigenvalue weighted by molar-refractivity contribution is 0.224. The number of benzene rings is 1. The van der Waals surface area contributed by atoms with Gasteiger partial charge in [-0.1, -0.05) is 13.0 Å². The van der Waals surface area contributed by atoms with Crippen LogP contribution in [0.3, 0.4) is 0 Å². The van der Waals surface area contributed by atoms with Crippen LogP contribution in [0, 0.1) is 5.82 Å². The normalized spacial score (nSPS) is 18.4. The molecule has 2 unspecified atom stereocenters. The number of fused-ring (bicyclic) bond motifs is 1. The van der Waals surface area contributed by atoms with Crippen LogP contribution in [0.4, 0.5) is 9.18 Å². The molecule has 0 radical (unpaired) electrons. The molecule has 0 aromatic heterocycles. The molecular formula is C15H21FN2O2. The summed E-state index contributed by atoms with van der Waals surface area (Å²) in [6, 6.07) is 4.40. The molecule has 0 spiro atoms. The van der Waals surface area contributed by atoms with Crippen molar-refractivity contribution >= 4 is 6.03 Å². The topological polar surface area (TPSA) is 61.4 Å². The third-order valence-corrected chi connectivity index (χ3v) is 3.79. The first-order valence-electron chi connectivity index (χ1n) is 7.10. The van der Waals surface area contributed by atoms with E-state index in [0.29, 0.717) is 6.42 Å². The highest BCUT2D eigenvalue weighted by molar-refractivity contribution is 5.75. The van der Waals surface area contributed by atoms with Crippen molar-refractivity contribution in [3.8, 4) is 0 Å². The summed E-state index contributed by atoms with van der Waals surface area (Å²) in [5.74, 6) is -0.233. The summed E-state index contributed by atoms with van der Waals surface area (Å²) >= 11 is 0. The second kappa shape index (κ2) is 6.70. The van der Waals surface area contributed by atoms with Crippen molar-refractivity contribution in [1.29, 1.82) is 0 Å². The van der Waals surface area contributed by atoms with Crippen molar-refractivity contribution in [2.24, 2.45) is 0 Å². The zero-order valence-electron chi connectivity index (χ0n) is 11.7. The van der Waals surface area contributed by atoms with Crippen molar-refractivity contribution in [3.05, 3.63) is 35.1 Å². The maximum absolute atomic E-state index is 13.1. The predicted octanol–water partition coefficient (Wildman–Crippen LogP) is 2.27. The highest BCUT2D eigenvalue weighted by Crippen LogP contribution is 2.31. The smallest absolute Gasteiger partial charge is 0.315 e. The van der Waals surface area contributed by atoms with E-state index in [0.717, 1.165) is 30.4 Å². The van der Waals surface area contributed by atoms with Crippen molar-refractivity contribution in [2.45, 2.75) is 44.7 Å². The lowest BCUT2D eigenvalue weighted by atomic mass is 10.1. The Morgan fingerprint density at radius 3 is 3.05 bits per heavy atom. The Morgan fingerprint density at radius 1 is 1.55 bits per heavy atom. The third kappa shape index (κ3) is 3.48. The predicted molar refractivity (Wildman–Crippen MR) is 74.9 cm³/mol. The van der Waals surface area contributed by atoms with Crippen LogP contribution in [-0.2, 0) is 6.42 Å². The average molecular weight is 280 g/mol. The number of halogens is 1. The van der Waals surface area contributed by atoms with Gasteiger partial charge in [-0.05, 0) is 48.9 Å². The zero-order chi connectivity index (χ0) is 14.5. The summed E-state index contributed by atoms with van der Waals surface area (Å²) in [4.78, 5) is 11.9. The van der Waals surface area contributed by atoms with E-state index in [-0.39, 0.29) is 30.5 Å². The highest BCUT2D eigenvalue weighted by atomic mass is 19.1. The standard InChI is InChI=1S/C15H21FN2O2/c1-2-12(7-8-19)17-15(20)18-14-6-3-10-9-11(16)4-5-13(10)14/h4-5,9,12,14,19H,2-3,6-8H2,1H3,(H2,17,18,20). The summed E-state index contributed by atoms with van der Waals surface area (Å²) in [6.45, 7) is 2.03. The van der Waals surface area contributed by atoms with Gasteiger partial charge in [0, 0.05) is 12.6 Å². The second-order valence-corrected chi connectivity index (χ2v) is 5.17. The van der Waals surface area contributed by atoms with Gasteiger partial charge in [-0.3, -0.25) is 0 Å². The van der Waals surface area contributed by atoms with Gasteiger partial charge < -0.3 is 15.7 Å². The first kappa shape index (κ1) is 14.8. The molecule has 2 amide bonds. The first-order valence-corrected chi connectivity index (χ1v) is 7.10. The van der Waals surface area contributed by atoms with Crippen molar-refractivity contribution in [1.82, 2.24) is 10.6 Å². The van der Waals surface area contributed by atoms with E-state index < -0.39 is 0 Å². The number of nitrogens with one attached hydrogen (secondary N) is 2. The molecule has 0 saturated carbocycles. The van der Waals surface area contributed by atoms with Gasteiger partial charge in [0.1, 0.15) is 5.82 Å². The molecule has 20 heavy (non-hydrogen) atoms. The lowest BCUT2D eigenvalue weighted by Crippen LogP contribution is -2.43. The Kier molecular flexibility index (Phi) is 4.95. The maximum atomic E-state index is 13.1. The second-order valence-electron chi connectivity index (χ2n) is 5.17. The van der Waals surface area contributed by atoms with Crippen LogP contribution in [-0.4, -0.2) is 23.8 Å². The van der Waals surface area contributed by atoms with Crippen LogP contribution in [0.2, 0.25) is 0 Å². The number of rotatable bonds is 5. The molecule has 0 fully saturated rings. The number of carbonyl (C=O) groups excluding carboxylic acids is 1. The summed E-state index contributed by atoms with van der Waals surface area (Å²) in [6.07, 6.45) is 2.91. The van der Waals surface area contributed by atoms with Crippen LogP contribution < -0.4 is 10.6 Å². The van der Waals surface area contributed by atoms with Gasteiger partial charge in [0.05, 0.1) is 6.04 Å². The molecule has 2 rings (SSSR count). The Morgan fingerprint density at radius 2 is 2.35 bits per heavy atom. The van der Waals surface area contributed by atoms with Crippen LogP contribution >= 0.6 is 0 Å². The van der Waals surface area contributed by atoms with Gasteiger partial charge in [-0.25, -0.2) is 9.18 Å². The molecule has 110 valence electrons. The van der Waals surface area contributed by atoms with Crippen molar-refractivity contribution < 1.29 is 14.3 Å². The number of urea groups is 1.